The van der Waals surface area contributed by atoms with Gasteiger partial charge in [-0.2, -0.15) is 4.98 Å². The van der Waals surface area contributed by atoms with E-state index in [-0.39, 0.29) is 5.82 Å². The van der Waals surface area contributed by atoms with E-state index in [0.29, 0.717) is 23.1 Å². The van der Waals surface area contributed by atoms with Crippen molar-refractivity contribution in [3.63, 3.8) is 0 Å². The molecule has 0 saturated heterocycles. The third-order valence-corrected chi connectivity index (χ3v) is 3.99. The first-order valence-electron chi connectivity index (χ1n) is 6.47. The van der Waals surface area contributed by atoms with Crippen LogP contribution in [0.15, 0.2) is 24.3 Å². The summed E-state index contributed by atoms with van der Waals surface area (Å²) in [5.41, 5.74) is 0.535. The van der Waals surface area contributed by atoms with Gasteiger partial charge in [0.15, 0.2) is 0 Å². The molecule has 3 aromatic rings. The molecule has 6 heteroatoms. The van der Waals surface area contributed by atoms with Gasteiger partial charge in [0.05, 0.1) is 5.39 Å². The average molecular weight is 303 g/mol. The van der Waals surface area contributed by atoms with Gasteiger partial charge in [0.2, 0.25) is 11.8 Å². The van der Waals surface area contributed by atoms with Gasteiger partial charge < -0.3 is 10.1 Å². The van der Waals surface area contributed by atoms with Crippen LogP contribution in [0.3, 0.4) is 0 Å². The Labute approximate surface area is 125 Å². The molecule has 108 valence electrons. The highest BCUT2D eigenvalue weighted by atomic mass is 32.1. The quantitative estimate of drug-likeness (QED) is 0.784. The van der Waals surface area contributed by atoms with Crippen LogP contribution >= 0.6 is 11.3 Å². The smallest absolute Gasteiger partial charge is 0.232 e. The van der Waals surface area contributed by atoms with Crippen LogP contribution < -0.4 is 10.1 Å². The highest BCUT2D eigenvalue weighted by Gasteiger charge is 2.12. The summed E-state index contributed by atoms with van der Waals surface area (Å²) in [6.07, 6.45) is 0. The number of fused-ring (bicyclic) bond motifs is 1. The Kier molecular flexibility index (Phi) is 3.47. The number of anilines is 1. The molecule has 0 radical (unpaired) electrons. The molecule has 0 aliphatic carbocycles. The number of nitrogens with one attached hydrogen (secondary N) is 1. The van der Waals surface area contributed by atoms with Gasteiger partial charge in [-0.25, -0.2) is 9.37 Å². The zero-order chi connectivity index (χ0) is 15.0. The highest BCUT2D eigenvalue weighted by molar-refractivity contribution is 7.18. The maximum Gasteiger partial charge on any atom is 0.232 e. The van der Waals surface area contributed by atoms with Crippen molar-refractivity contribution in [2.45, 2.75) is 13.8 Å². The number of halogens is 1. The Morgan fingerprint density at radius 3 is 2.71 bits per heavy atom. The van der Waals surface area contributed by atoms with E-state index >= 15 is 0 Å². The number of aryl methyl sites for hydroxylation is 2. The van der Waals surface area contributed by atoms with Crippen LogP contribution in [-0.2, 0) is 0 Å². The molecule has 1 aromatic carbocycles. The van der Waals surface area contributed by atoms with Crippen LogP contribution in [0, 0.1) is 19.7 Å². The SMILES string of the molecule is CNc1nc(Oc2ccc(F)c(C)c2)c2cc(C)sc2n1. The predicted octanol–water partition coefficient (Wildman–Crippen LogP) is 4.28. The second-order valence-electron chi connectivity index (χ2n) is 4.69. The minimum absolute atomic E-state index is 0.252. The number of rotatable bonds is 3. The Hall–Kier alpha value is -2.21. The van der Waals surface area contributed by atoms with Crippen LogP contribution in [0.5, 0.6) is 11.6 Å². The summed E-state index contributed by atoms with van der Waals surface area (Å²) in [5.74, 6) is 1.27. The van der Waals surface area contributed by atoms with Crippen molar-refractivity contribution in [3.05, 3.63) is 40.5 Å². The Morgan fingerprint density at radius 1 is 1.19 bits per heavy atom. The molecule has 2 heterocycles. The number of aromatic nitrogens is 2. The summed E-state index contributed by atoms with van der Waals surface area (Å²) >= 11 is 1.58. The van der Waals surface area contributed by atoms with E-state index in [2.05, 4.69) is 15.3 Å². The summed E-state index contributed by atoms with van der Waals surface area (Å²) in [7, 11) is 1.76. The van der Waals surface area contributed by atoms with Crippen molar-refractivity contribution >= 4 is 27.5 Å². The standard InChI is InChI=1S/C15H14FN3OS/c1-8-6-10(4-5-12(8)16)20-13-11-7-9(2)21-14(11)19-15(17-3)18-13/h4-7H,1-3H3,(H,17,18,19). The fourth-order valence-corrected chi connectivity index (χ4v) is 2.87. The van der Waals surface area contributed by atoms with Gasteiger partial charge >= 0.3 is 0 Å². The Bertz CT molecular complexity index is 816. The largest absolute Gasteiger partial charge is 0.438 e. The van der Waals surface area contributed by atoms with Crippen molar-refractivity contribution < 1.29 is 9.13 Å². The van der Waals surface area contributed by atoms with Crippen molar-refractivity contribution in [2.75, 3.05) is 12.4 Å². The third kappa shape index (κ3) is 2.67. The molecular formula is C15H14FN3OS. The van der Waals surface area contributed by atoms with Crippen LogP contribution in [0.1, 0.15) is 10.4 Å². The van der Waals surface area contributed by atoms with E-state index in [4.69, 9.17) is 4.74 Å². The molecule has 0 spiro atoms. The fourth-order valence-electron chi connectivity index (χ4n) is 2.00. The Morgan fingerprint density at radius 2 is 2.00 bits per heavy atom. The molecule has 21 heavy (non-hydrogen) atoms. The van der Waals surface area contributed by atoms with Gasteiger partial charge in [0.1, 0.15) is 16.4 Å². The maximum atomic E-state index is 13.3. The summed E-state index contributed by atoms with van der Waals surface area (Å²) in [5, 5.41) is 3.78. The molecule has 0 atom stereocenters. The fraction of sp³-hybridized carbons (Fsp3) is 0.200. The van der Waals surface area contributed by atoms with Crippen molar-refractivity contribution in [1.29, 1.82) is 0 Å². The van der Waals surface area contributed by atoms with E-state index in [9.17, 15) is 4.39 Å². The van der Waals surface area contributed by atoms with Crippen molar-refractivity contribution in [1.82, 2.24) is 9.97 Å². The summed E-state index contributed by atoms with van der Waals surface area (Å²) in [6.45, 7) is 3.71. The normalized spacial score (nSPS) is 10.9. The van der Waals surface area contributed by atoms with Gasteiger partial charge in [0, 0.05) is 11.9 Å². The molecule has 2 aromatic heterocycles. The lowest BCUT2D eigenvalue weighted by Gasteiger charge is -2.08. The first kappa shape index (κ1) is 13.8. The third-order valence-electron chi connectivity index (χ3n) is 3.05. The van der Waals surface area contributed by atoms with Crippen LogP contribution in [-0.4, -0.2) is 17.0 Å². The topological polar surface area (TPSA) is 47.0 Å². The molecule has 4 nitrogen and oxygen atoms in total. The summed E-state index contributed by atoms with van der Waals surface area (Å²) < 4.78 is 19.2. The number of hydrogen-bond donors (Lipinski definition) is 1. The maximum absolute atomic E-state index is 13.3. The number of hydrogen-bond acceptors (Lipinski definition) is 5. The molecular weight excluding hydrogens is 289 g/mol. The second kappa shape index (κ2) is 5.29. The first-order chi connectivity index (χ1) is 10.1. The number of nitrogens with zero attached hydrogens (tertiary/aromatic N) is 2. The molecule has 0 fully saturated rings. The Balaban J connectivity index is 2.07. The van der Waals surface area contributed by atoms with Crippen molar-refractivity contribution in [2.24, 2.45) is 0 Å². The van der Waals surface area contributed by atoms with Gasteiger partial charge in [-0.15, -0.1) is 11.3 Å². The molecule has 3 rings (SSSR count). The second-order valence-corrected chi connectivity index (χ2v) is 5.93. The predicted molar refractivity (Wildman–Crippen MR) is 82.9 cm³/mol. The summed E-state index contributed by atoms with van der Waals surface area (Å²) in [4.78, 5) is 10.7. The molecule has 1 N–H and O–H groups in total. The van der Waals surface area contributed by atoms with Crippen molar-refractivity contribution in [3.8, 4) is 11.6 Å². The molecule has 0 saturated carbocycles. The number of thiophene rings is 1. The van der Waals surface area contributed by atoms with E-state index in [1.807, 2.05) is 13.0 Å². The number of ether oxygens (including phenoxy) is 1. The summed E-state index contributed by atoms with van der Waals surface area (Å²) in [6, 6.07) is 6.63. The van der Waals surface area contributed by atoms with Crippen LogP contribution in [0.2, 0.25) is 0 Å². The van der Waals surface area contributed by atoms with Gasteiger partial charge in [-0.1, -0.05) is 0 Å². The zero-order valence-corrected chi connectivity index (χ0v) is 12.7. The lowest BCUT2D eigenvalue weighted by molar-refractivity contribution is 0.466. The van der Waals surface area contributed by atoms with Gasteiger partial charge in [-0.05, 0) is 43.7 Å². The zero-order valence-electron chi connectivity index (χ0n) is 11.9. The lowest BCUT2D eigenvalue weighted by atomic mass is 10.2. The van der Waals surface area contributed by atoms with Crippen LogP contribution in [0.25, 0.3) is 10.2 Å². The minimum atomic E-state index is -0.252. The van der Waals surface area contributed by atoms with E-state index in [0.717, 1.165) is 15.1 Å². The molecule has 0 aliphatic rings. The monoisotopic (exact) mass is 303 g/mol. The van der Waals surface area contributed by atoms with Gasteiger partial charge in [-0.3, -0.25) is 0 Å². The van der Waals surface area contributed by atoms with Crippen LogP contribution in [0.4, 0.5) is 10.3 Å². The van der Waals surface area contributed by atoms with E-state index in [1.165, 1.54) is 6.07 Å². The molecule has 0 bridgehead atoms. The molecule has 0 amide bonds. The van der Waals surface area contributed by atoms with Gasteiger partial charge in [0.25, 0.3) is 0 Å². The lowest BCUT2D eigenvalue weighted by Crippen LogP contribution is -1.98. The number of benzene rings is 1. The minimum Gasteiger partial charge on any atom is -0.438 e. The van der Waals surface area contributed by atoms with E-state index in [1.54, 1.807) is 37.4 Å². The first-order valence-corrected chi connectivity index (χ1v) is 7.28. The molecule has 0 aliphatic heterocycles. The average Bonchev–Trinajstić information content (AvgIpc) is 2.83. The molecule has 0 unspecified atom stereocenters. The highest BCUT2D eigenvalue weighted by Crippen LogP contribution is 2.33. The van der Waals surface area contributed by atoms with E-state index < -0.39 is 0 Å².